The molecule has 0 radical (unpaired) electrons. The van der Waals surface area contributed by atoms with E-state index in [1.807, 2.05) is 6.07 Å². The van der Waals surface area contributed by atoms with E-state index in [0.717, 1.165) is 16.2 Å². The SMILES string of the molecule is CC1(C)[C@H]2CC=C(c3cccc(Br)n3)[C@@H]1C2. The number of hydrogen-bond acceptors (Lipinski definition) is 1. The summed E-state index contributed by atoms with van der Waals surface area (Å²) < 4.78 is 0.935. The number of rotatable bonds is 1. The second kappa shape index (κ2) is 3.43. The third-order valence-electron chi connectivity index (χ3n) is 4.48. The number of halogens is 1. The monoisotopic (exact) mass is 277 g/mol. The molecule has 1 aromatic heterocycles. The lowest BCUT2D eigenvalue weighted by molar-refractivity contribution is 0.0111. The molecular formula is C14H16BrN. The van der Waals surface area contributed by atoms with E-state index in [0.29, 0.717) is 11.3 Å². The normalized spacial score (nSPS) is 30.6. The molecular weight excluding hydrogens is 262 g/mol. The molecule has 1 aromatic rings. The van der Waals surface area contributed by atoms with Gasteiger partial charge in [0.1, 0.15) is 4.60 Å². The first-order valence-electron chi connectivity index (χ1n) is 5.92. The van der Waals surface area contributed by atoms with Gasteiger partial charge in [-0.2, -0.15) is 0 Å². The molecule has 0 spiro atoms. The Morgan fingerprint density at radius 1 is 1.38 bits per heavy atom. The van der Waals surface area contributed by atoms with E-state index in [9.17, 15) is 0 Å². The standard InChI is InChI=1S/C14H16BrN/c1-14(2)9-6-7-10(11(14)8-9)12-4-3-5-13(15)16-12/h3-5,7,9,11H,6,8H2,1-2H3/t9-,11-/m0/s1. The lowest BCUT2D eigenvalue weighted by atomic mass is 9.48. The molecule has 0 aliphatic heterocycles. The van der Waals surface area contributed by atoms with E-state index < -0.39 is 0 Å². The Labute approximate surface area is 105 Å². The van der Waals surface area contributed by atoms with Crippen molar-refractivity contribution in [2.75, 3.05) is 0 Å². The van der Waals surface area contributed by atoms with Crippen molar-refractivity contribution in [1.82, 2.24) is 4.98 Å². The van der Waals surface area contributed by atoms with Crippen LogP contribution in [-0.4, -0.2) is 4.98 Å². The maximum atomic E-state index is 4.59. The lowest BCUT2D eigenvalue weighted by Gasteiger charge is -2.56. The Morgan fingerprint density at radius 3 is 2.81 bits per heavy atom. The average molecular weight is 278 g/mol. The second-order valence-electron chi connectivity index (χ2n) is 5.55. The molecule has 1 saturated carbocycles. The van der Waals surface area contributed by atoms with Crippen LogP contribution in [0.4, 0.5) is 0 Å². The first-order chi connectivity index (χ1) is 7.59. The van der Waals surface area contributed by atoms with Crippen LogP contribution in [-0.2, 0) is 0 Å². The molecule has 2 heteroatoms. The van der Waals surface area contributed by atoms with Crippen molar-refractivity contribution in [1.29, 1.82) is 0 Å². The van der Waals surface area contributed by atoms with E-state index in [4.69, 9.17) is 0 Å². The van der Waals surface area contributed by atoms with Crippen LogP contribution in [0, 0.1) is 17.3 Å². The number of hydrogen-bond donors (Lipinski definition) is 0. The van der Waals surface area contributed by atoms with Gasteiger partial charge in [0, 0.05) is 0 Å². The van der Waals surface area contributed by atoms with Crippen molar-refractivity contribution in [3.8, 4) is 0 Å². The zero-order valence-corrected chi connectivity index (χ0v) is 11.3. The Balaban J connectivity index is 2.00. The minimum absolute atomic E-state index is 0.480. The third-order valence-corrected chi connectivity index (χ3v) is 4.92. The van der Waals surface area contributed by atoms with Crippen LogP contribution in [0.1, 0.15) is 32.4 Å². The molecule has 1 fully saturated rings. The molecule has 2 atom stereocenters. The second-order valence-corrected chi connectivity index (χ2v) is 6.36. The van der Waals surface area contributed by atoms with Crippen molar-refractivity contribution < 1.29 is 0 Å². The van der Waals surface area contributed by atoms with Gasteiger partial charge in [-0.3, -0.25) is 0 Å². The molecule has 3 aliphatic carbocycles. The smallest absolute Gasteiger partial charge is 0.106 e. The minimum Gasteiger partial charge on any atom is -0.241 e. The van der Waals surface area contributed by atoms with Crippen molar-refractivity contribution in [3.63, 3.8) is 0 Å². The Bertz CT molecular complexity index is 462. The average Bonchev–Trinajstić information content (AvgIpc) is 2.29. The molecule has 3 aliphatic rings. The number of aromatic nitrogens is 1. The van der Waals surface area contributed by atoms with Gasteiger partial charge in [-0.25, -0.2) is 4.98 Å². The summed E-state index contributed by atoms with van der Waals surface area (Å²) in [5.41, 5.74) is 3.10. The number of fused-ring (bicyclic) bond motifs is 1. The van der Waals surface area contributed by atoms with E-state index >= 15 is 0 Å². The molecule has 0 saturated heterocycles. The molecule has 16 heavy (non-hydrogen) atoms. The molecule has 0 amide bonds. The quantitative estimate of drug-likeness (QED) is 0.698. The third kappa shape index (κ3) is 1.39. The maximum absolute atomic E-state index is 4.59. The molecule has 0 aromatic carbocycles. The van der Waals surface area contributed by atoms with Gasteiger partial charge in [0.2, 0.25) is 0 Å². The van der Waals surface area contributed by atoms with Crippen LogP contribution in [0.3, 0.4) is 0 Å². The van der Waals surface area contributed by atoms with E-state index in [1.165, 1.54) is 18.4 Å². The first-order valence-corrected chi connectivity index (χ1v) is 6.71. The molecule has 2 bridgehead atoms. The van der Waals surface area contributed by atoms with E-state index in [1.54, 1.807) is 0 Å². The summed E-state index contributed by atoms with van der Waals surface area (Å²) >= 11 is 3.45. The van der Waals surface area contributed by atoms with Crippen molar-refractivity contribution in [2.45, 2.75) is 26.7 Å². The van der Waals surface area contributed by atoms with Gasteiger partial charge < -0.3 is 0 Å². The van der Waals surface area contributed by atoms with Gasteiger partial charge in [0.15, 0.2) is 0 Å². The Kier molecular flexibility index (Phi) is 2.25. The summed E-state index contributed by atoms with van der Waals surface area (Å²) in [6, 6.07) is 6.19. The van der Waals surface area contributed by atoms with Crippen LogP contribution < -0.4 is 0 Å². The zero-order chi connectivity index (χ0) is 11.3. The number of nitrogens with zero attached hydrogens (tertiary/aromatic N) is 1. The highest BCUT2D eigenvalue weighted by molar-refractivity contribution is 9.10. The first kappa shape index (κ1) is 10.5. The predicted molar refractivity (Wildman–Crippen MR) is 69.9 cm³/mol. The minimum atomic E-state index is 0.480. The molecule has 4 rings (SSSR count). The van der Waals surface area contributed by atoms with Gasteiger partial charge >= 0.3 is 0 Å². The van der Waals surface area contributed by atoms with Crippen LogP contribution in [0.15, 0.2) is 28.9 Å². The van der Waals surface area contributed by atoms with Gasteiger partial charge in [0.05, 0.1) is 5.69 Å². The molecule has 1 nitrogen and oxygen atoms in total. The van der Waals surface area contributed by atoms with Crippen molar-refractivity contribution in [3.05, 3.63) is 34.6 Å². The van der Waals surface area contributed by atoms with Crippen LogP contribution in [0.2, 0.25) is 0 Å². The van der Waals surface area contributed by atoms with Crippen molar-refractivity contribution >= 4 is 21.5 Å². The zero-order valence-electron chi connectivity index (χ0n) is 9.70. The highest BCUT2D eigenvalue weighted by Gasteiger charge is 2.51. The van der Waals surface area contributed by atoms with Gasteiger partial charge in [-0.05, 0) is 63.7 Å². The summed E-state index contributed by atoms with van der Waals surface area (Å²) in [7, 11) is 0. The highest BCUT2D eigenvalue weighted by Crippen LogP contribution is 2.61. The summed E-state index contributed by atoms with van der Waals surface area (Å²) in [4.78, 5) is 4.59. The largest absolute Gasteiger partial charge is 0.241 e. The predicted octanol–water partition coefficient (Wildman–Crippen LogP) is 4.29. The summed E-state index contributed by atoms with van der Waals surface area (Å²) in [6.07, 6.45) is 4.99. The van der Waals surface area contributed by atoms with Crippen LogP contribution in [0.5, 0.6) is 0 Å². The summed E-state index contributed by atoms with van der Waals surface area (Å²) in [5, 5.41) is 0. The Morgan fingerprint density at radius 2 is 2.19 bits per heavy atom. The fraction of sp³-hybridized carbons (Fsp3) is 0.500. The van der Waals surface area contributed by atoms with Gasteiger partial charge in [0.25, 0.3) is 0 Å². The van der Waals surface area contributed by atoms with Crippen LogP contribution in [0.25, 0.3) is 5.57 Å². The van der Waals surface area contributed by atoms with Gasteiger partial charge in [-0.15, -0.1) is 0 Å². The van der Waals surface area contributed by atoms with Gasteiger partial charge in [-0.1, -0.05) is 26.0 Å². The van der Waals surface area contributed by atoms with Crippen molar-refractivity contribution in [2.24, 2.45) is 17.3 Å². The van der Waals surface area contributed by atoms with E-state index in [-0.39, 0.29) is 0 Å². The summed E-state index contributed by atoms with van der Waals surface area (Å²) in [6.45, 7) is 4.80. The molecule has 84 valence electrons. The summed E-state index contributed by atoms with van der Waals surface area (Å²) in [5.74, 6) is 1.61. The molecule has 0 N–H and O–H groups in total. The highest BCUT2D eigenvalue weighted by atomic mass is 79.9. The molecule has 1 heterocycles. The number of allylic oxidation sites excluding steroid dienone is 2. The fourth-order valence-electron chi connectivity index (χ4n) is 3.21. The Hall–Kier alpha value is -0.630. The lowest BCUT2D eigenvalue weighted by Crippen LogP contribution is -2.47. The van der Waals surface area contributed by atoms with E-state index in [2.05, 4.69) is 53.0 Å². The maximum Gasteiger partial charge on any atom is 0.106 e. The fourth-order valence-corrected chi connectivity index (χ4v) is 3.55. The topological polar surface area (TPSA) is 12.9 Å². The number of pyridine rings is 1. The van der Waals surface area contributed by atoms with Crippen LogP contribution >= 0.6 is 15.9 Å². The molecule has 0 unspecified atom stereocenters.